The van der Waals surface area contributed by atoms with Crippen LogP contribution in [-0.4, -0.2) is 14.6 Å². The maximum atomic E-state index is 11.7. The van der Waals surface area contributed by atoms with Gasteiger partial charge in [0.05, 0.1) is 5.69 Å². The van der Waals surface area contributed by atoms with E-state index in [-0.39, 0.29) is 4.90 Å². The minimum absolute atomic E-state index is 0.136. The zero-order chi connectivity index (χ0) is 14.6. The predicted octanol–water partition coefficient (Wildman–Crippen LogP) is 3.49. The number of sulfonamides is 1. The molecule has 20 heavy (non-hydrogen) atoms. The molecule has 1 saturated carbocycles. The van der Waals surface area contributed by atoms with Crippen molar-refractivity contribution in [3.05, 3.63) is 23.8 Å². The van der Waals surface area contributed by atoms with E-state index in [0.29, 0.717) is 11.6 Å². The van der Waals surface area contributed by atoms with E-state index in [1.165, 1.54) is 31.7 Å². The molecule has 0 aliphatic heterocycles. The van der Waals surface area contributed by atoms with Gasteiger partial charge in [0.15, 0.2) is 0 Å². The zero-order valence-corrected chi connectivity index (χ0v) is 12.7. The maximum Gasteiger partial charge on any atom is 0.240 e. The highest BCUT2D eigenvalue weighted by molar-refractivity contribution is 7.89. The number of rotatable bonds is 3. The van der Waals surface area contributed by atoms with Crippen LogP contribution in [0.2, 0.25) is 0 Å². The summed E-state index contributed by atoms with van der Waals surface area (Å²) in [4.78, 5) is 4.43. The number of aliphatic imine (C=N–C) groups is 1. The minimum atomic E-state index is -3.74. The highest BCUT2D eigenvalue weighted by atomic mass is 32.2. The molecule has 0 spiro atoms. The van der Waals surface area contributed by atoms with Crippen molar-refractivity contribution < 1.29 is 8.42 Å². The molecule has 0 unspecified atom stereocenters. The van der Waals surface area contributed by atoms with Crippen LogP contribution in [0.5, 0.6) is 0 Å². The molecule has 0 amide bonds. The summed E-state index contributed by atoms with van der Waals surface area (Å²) in [5.74, 6) is 0.387. The highest BCUT2D eigenvalue weighted by Gasteiger charge is 2.22. The molecule has 1 aliphatic carbocycles. The van der Waals surface area contributed by atoms with Gasteiger partial charge in [-0.05, 0) is 37.3 Å². The van der Waals surface area contributed by atoms with Crippen LogP contribution in [0.4, 0.5) is 5.69 Å². The number of hydrogen-bond donors (Lipinski definition) is 1. The Morgan fingerprint density at radius 1 is 1.20 bits per heavy atom. The third-order valence-electron chi connectivity index (χ3n) is 3.89. The Hall–Kier alpha value is -1.20. The minimum Gasteiger partial charge on any atom is -0.260 e. The molecule has 2 N–H and O–H groups in total. The highest BCUT2D eigenvalue weighted by Crippen LogP contribution is 2.39. The SMILES string of the molecule is C/C=N\c1c(C2CCCCCC2)cccc1S(N)(=O)=O. The van der Waals surface area contributed by atoms with Crippen LogP contribution >= 0.6 is 0 Å². The summed E-state index contributed by atoms with van der Waals surface area (Å²) in [7, 11) is -3.74. The Balaban J connectivity index is 2.51. The van der Waals surface area contributed by atoms with E-state index in [4.69, 9.17) is 5.14 Å². The van der Waals surface area contributed by atoms with Crippen LogP contribution in [0, 0.1) is 0 Å². The van der Waals surface area contributed by atoms with Gasteiger partial charge >= 0.3 is 0 Å². The lowest BCUT2D eigenvalue weighted by molar-refractivity contribution is 0.588. The summed E-state index contributed by atoms with van der Waals surface area (Å²) in [6.45, 7) is 1.79. The molecule has 0 aromatic heterocycles. The molecule has 2 rings (SSSR count). The lowest BCUT2D eigenvalue weighted by Gasteiger charge is -2.18. The molecule has 5 heteroatoms. The standard InChI is InChI=1S/C15H22N2O2S/c1-2-17-15-13(12-8-5-3-4-6-9-12)10-7-11-14(15)20(16,18)19/h2,7,10-12H,3-6,8-9H2,1H3,(H2,16,18,19)/b17-2-. The zero-order valence-electron chi connectivity index (χ0n) is 11.9. The molecule has 0 atom stereocenters. The Labute approximate surface area is 121 Å². The van der Waals surface area contributed by atoms with Crippen LogP contribution in [0.15, 0.2) is 28.1 Å². The van der Waals surface area contributed by atoms with E-state index in [9.17, 15) is 8.42 Å². The molecular formula is C15H22N2O2S. The van der Waals surface area contributed by atoms with Crippen molar-refractivity contribution in [2.24, 2.45) is 10.1 Å². The molecule has 0 saturated heterocycles. The van der Waals surface area contributed by atoms with Crippen LogP contribution in [-0.2, 0) is 10.0 Å². The van der Waals surface area contributed by atoms with E-state index in [1.807, 2.05) is 6.07 Å². The number of benzene rings is 1. The fourth-order valence-corrected chi connectivity index (χ4v) is 3.66. The molecule has 0 bridgehead atoms. The van der Waals surface area contributed by atoms with Crippen LogP contribution < -0.4 is 5.14 Å². The normalized spacial score (nSPS) is 18.3. The number of primary sulfonamides is 1. The second-order valence-electron chi connectivity index (χ2n) is 5.31. The first-order valence-corrected chi connectivity index (χ1v) is 8.73. The van der Waals surface area contributed by atoms with Gasteiger partial charge in [0.25, 0.3) is 0 Å². The van der Waals surface area contributed by atoms with Crippen LogP contribution in [0.25, 0.3) is 0 Å². The van der Waals surface area contributed by atoms with Crippen molar-refractivity contribution in [2.75, 3.05) is 0 Å². The molecule has 1 aromatic carbocycles. The third kappa shape index (κ3) is 3.46. The Morgan fingerprint density at radius 3 is 2.40 bits per heavy atom. The largest absolute Gasteiger partial charge is 0.260 e. The summed E-state index contributed by atoms with van der Waals surface area (Å²) >= 11 is 0. The predicted molar refractivity (Wildman–Crippen MR) is 82.1 cm³/mol. The van der Waals surface area contributed by atoms with E-state index in [0.717, 1.165) is 18.4 Å². The average molecular weight is 294 g/mol. The van der Waals surface area contributed by atoms with Gasteiger partial charge in [-0.2, -0.15) is 0 Å². The molecule has 1 aromatic rings. The van der Waals surface area contributed by atoms with Gasteiger partial charge in [0.1, 0.15) is 4.90 Å². The number of hydrogen-bond acceptors (Lipinski definition) is 3. The summed E-state index contributed by atoms with van der Waals surface area (Å²) < 4.78 is 23.5. The molecule has 0 radical (unpaired) electrons. The summed E-state index contributed by atoms with van der Waals surface area (Å²) in [6, 6.07) is 5.31. The van der Waals surface area contributed by atoms with Gasteiger partial charge in [-0.3, -0.25) is 4.99 Å². The second-order valence-corrected chi connectivity index (χ2v) is 6.84. The van der Waals surface area contributed by atoms with Crippen molar-refractivity contribution in [2.45, 2.75) is 56.3 Å². The topological polar surface area (TPSA) is 72.5 Å². The summed E-state index contributed by atoms with van der Waals surface area (Å²) in [6.07, 6.45) is 8.74. The summed E-state index contributed by atoms with van der Waals surface area (Å²) in [5.41, 5.74) is 1.56. The lowest BCUT2D eigenvalue weighted by Crippen LogP contribution is -2.13. The molecule has 0 heterocycles. The Bertz CT molecular complexity index is 586. The summed E-state index contributed by atoms with van der Waals surface area (Å²) in [5, 5.41) is 5.32. The number of nitrogens with two attached hydrogens (primary N) is 1. The van der Waals surface area contributed by atoms with Crippen molar-refractivity contribution in [3.8, 4) is 0 Å². The van der Waals surface area contributed by atoms with Crippen molar-refractivity contribution in [3.63, 3.8) is 0 Å². The van der Waals surface area contributed by atoms with Crippen LogP contribution in [0.1, 0.15) is 56.9 Å². The van der Waals surface area contributed by atoms with Gasteiger partial charge in [0, 0.05) is 6.21 Å². The first-order valence-electron chi connectivity index (χ1n) is 7.18. The van der Waals surface area contributed by atoms with Gasteiger partial charge in [-0.15, -0.1) is 0 Å². The molecular weight excluding hydrogens is 272 g/mol. The van der Waals surface area contributed by atoms with E-state index in [1.54, 1.807) is 19.2 Å². The van der Waals surface area contributed by atoms with Crippen LogP contribution in [0.3, 0.4) is 0 Å². The number of nitrogens with zero attached hydrogens (tertiary/aromatic N) is 1. The van der Waals surface area contributed by atoms with Crippen molar-refractivity contribution in [1.29, 1.82) is 0 Å². The van der Waals surface area contributed by atoms with Gasteiger partial charge in [0.2, 0.25) is 10.0 Å². The molecule has 1 fully saturated rings. The quantitative estimate of drug-likeness (QED) is 0.684. The van der Waals surface area contributed by atoms with Gasteiger partial charge in [-0.25, -0.2) is 13.6 Å². The van der Waals surface area contributed by atoms with E-state index < -0.39 is 10.0 Å². The lowest BCUT2D eigenvalue weighted by atomic mass is 9.90. The monoisotopic (exact) mass is 294 g/mol. The average Bonchev–Trinajstić information content (AvgIpc) is 2.67. The fraction of sp³-hybridized carbons (Fsp3) is 0.533. The molecule has 110 valence electrons. The first kappa shape index (κ1) is 15.2. The maximum absolute atomic E-state index is 11.7. The van der Waals surface area contributed by atoms with Crippen molar-refractivity contribution in [1.82, 2.24) is 0 Å². The fourth-order valence-electron chi connectivity index (χ4n) is 2.96. The van der Waals surface area contributed by atoms with Crippen molar-refractivity contribution >= 4 is 21.9 Å². The van der Waals surface area contributed by atoms with Gasteiger partial charge < -0.3 is 0 Å². The van der Waals surface area contributed by atoms with E-state index in [2.05, 4.69) is 4.99 Å². The molecule has 1 aliphatic rings. The third-order valence-corrected chi connectivity index (χ3v) is 4.83. The molecule has 4 nitrogen and oxygen atoms in total. The van der Waals surface area contributed by atoms with Gasteiger partial charge in [-0.1, -0.05) is 37.8 Å². The smallest absolute Gasteiger partial charge is 0.240 e. The second kappa shape index (κ2) is 6.50. The van der Waals surface area contributed by atoms with E-state index >= 15 is 0 Å². The Morgan fingerprint density at radius 2 is 1.85 bits per heavy atom. The Kier molecular flexibility index (Phi) is 4.94. The first-order chi connectivity index (χ1) is 9.54. The number of para-hydroxylation sites is 1.